The van der Waals surface area contributed by atoms with E-state index in [2.05, 4.69) is 10.2 Å². The van der Waals surface area contributed by atoms with Gasteiger partial charge < -0.3 is 11.1 Å². The third-order valence-corrected chi connectivity index (χ3v) is 4.23. The second-order valence-corrected chi connectivity index (χ2v) is 5.64. The van der Waals surface area contributed by atoms with Gasteiger partial charge in [0.05, 0.1) is 0 Å². The molecule has 0 radical (unpaired) electrons. The summed E-state index contributed by atoms with van der Waals surface area (Å²) < 4.78 is 0. The Morgan fingerprint density at radius 1 is 1.37 bits per heavy atom. The summed E-state index contributed by atoms with van der Waals surface area (Å²) in [5.41, 5.74) is 5.44. The van der Waals surface area contributed by atoms with E-state index in [9.17, 15) is 4.79 Å². The second kappa shape index (κ2) is 5.67. The number of amides is 1. The van der Waals surface area contributed by atoms with Gasteiger partial charge in [0.15, 0.2) is 0 Å². The Kier molecular flexibility index (Phi) is 4.36. The molecule has 1 fully saturated rings. The highest BCUT2D eigenvalue weighted by Gasteiger charge is 2.41. The number of benzene rings is 1. The summed E-state index contributed by atoms with van der Waals surface area (Å²) in [5, 5.41) is 4.26. The maximum Gasteiger partial charge on any atom is 0.242 e. The van der Waals surface area contributed by atoms with Crippen LogP contribution >= 0.6 is 23.2 Å². The van der Waals surface area contributed by atoms with Gasteiger partial charge in [0, 0.05) is 41.8 Å². The molecule has 0 aromatic heterocycles. The molecule has 2 rings (SSSR count). The summed E-state index contributed by atoms with van der Waals surface area (Å²) in [4.78, 5) is 14.1. The molecule has 1 aliphatic rings. The van der Waals surface area contributed by atoms with E-state index in [0.29, 0.717) is 15.6 Å². The molecule has 6 heteroatoms. The largest absolute Gasteiger partial charge is 0.368 e. The first-order valence-electron chi connectivity index (χ1n) is 6.17. The van der Waals surface area contributed by atoms with Gasteiger partial charge >= 0.3 is 0 Å². The van der Waals surface area contributed by atoms with Crippen LogP contribution < -0.4 is 11.1 Å². The smallest absolute Gasteiger partial charge is 0.242 e. The molecule has 0 saturated carbocycles. The summed E-state index contributed by atoms with van der Waals surface area (Å²) in [5.74, 6) is -0.404. The van der Waals surface area contributed by atoms with E-state index < -0.39 is 11.4 Å². The number of rotatable bonds is 3. The fraction of sp³-hybridized carbons (Fsp3) is 0.462. The average molecular weight is 302 g/mol. The van der Waals surface area contributed by atoms with Crippen molar-refractivity contribution in [3.8, 4) is 0 Å². The zero-order valence-electron chi connectivity index (χ0n) is 10.7. The predicted molar refractivity (Wildman–Crippen MR) is 77.5 cm³/mol. The molecule has 0 spiro atoms. The van der Waals surface area contributed by atoms with Crippen molar-refractivity contribution < 1.29 is 4.79 Å². The number of nitrogens with two attached hydrogens (primary N) is 1. The minimum atomic E-state index is -0.913. The number of primary amides is 1. The molecule has 1 heterocycles. The number of halogens is 2. The number of carbonyl (C=O) groups excluding carboxylic acids is 1. The van der Waals surface area contributed by atoms with Crippen LogP contribution in [0.5, 0.6) is 0 Å². The number of nitrogens with one attached hydrogen (secondary N) is 1. The highest BCUT2D eigenvalue weighted by atomic mass is 35.5. The molecule has 1 aromatic rings. The van der Waals surface area contributed by atoms with Crippen LogP contribution in [0.3, 0.4) is 0 Å². The highest BCUT2D eigenvalue weighted by Crippen LogP contribution is 2.35. The van der Waals surface area contributed by atoms with Crippen LogP contribution in [0.1, 0.15) is 12.5 Å². The lowest BCUT2D eigenvalue weighted by Crippen LogP contribution is -2.58. The number of hydrogen-bond acceptors (Lipinski definition) is 3. The number of piperazine rings is 1. The zero-order valence-corrected chi connectivity index (χ0v) is 12.3. The van der Waals surface area contributed by atoms with E-state index >= 15 is 0 Å². The molecule has 1 saturated heterocycles. The normalized spacial score (nSPS) is 19.9. The first-order chi connectivity index (χ1) is 8.96. The third-order valence-electron chi connectivity index (χ3n) is 3.68. The Hall–Kier alpha value is -0.810. The number of hydrogen-bond donors (Lipinski definition) is 2. The monoisotopic (exact) mass is 301 g/mol. The number of nitrogens with zero attached hydrogens (tertiary/aromatic N) is 1. The van der Waals surface area contributed by atoms with Crippen LogP contribution in [-0.2, 0) is 10.3 Å². The van der Waals surface area contributed by atoms with E-state index in [1.165, 1.54) is 0 Å². The van der Waals surface area contributed by atoms with Crippen LogP contribution in [0, 0.1) is 0 Å². The van der Waals surface area contributed by atoms with Gasteiger partial charge in [-0.3, -0.25) is 9.69 Å². The standard InChI is InChI=1S/C13H17Cl2N3O/c1-13(12(16)19,18-6-4-17-5-7-18)10-3-2-9(14)8-11(10)15/h2-3,8,17H,4-7H2,1H3,(H2,16,19). The molecule has 3 N–H and O–H groups in total. The fourth-order valence-corrected chi connectivity index (χ4v) is 3.05. The van der Waals surface area contributed by atoms with E-state index in [0.717, 1.165) is 26.2 Å². The van der Waals surface area contributed by atoms with Gasteiger partial charge in [-0.05, 0) is 19.1 Å². The molecule has 1 aromatic carbocycles. The topological polar surface area (TPSA) is 58.4 Å². The van der Waals surface area contributed by atoms with Gasteiger partial charge in [0.1, 0.15) is 5.54 Å². The molecule has 0 bridgehead atoms. The van der Waals surface area contributed by atoms with Crippen LogP contribution in [0.2, 0.25) is 10.0 Å². The van der Waals surface area contributed by atoms with Crippen molar-refractivity contribution in [2.45, 2.75) is 12.5 Å². The van der Waals surface area contributed by atoms with Gasteiger partial charge in [-0.15, -0.1) is 0 Å². The Balaban J connectivity index is 2.46. The van der Waals surface area contributed by atoms with E-state index in [1.54, 1.807) is 18.2 Å². The predicted octanol–water partition coefficient (Wildman–Crippen LogP) is 1.60. The molecule has 1 unspecified atom stereocenters. The van der Waals surface area contributed by atoms with Gasteiger partial charge in [-0.25, -0.2) is 0 Å². The van der Waals surface area contributed by atoms with E-state index in [4.69, 9.17) is 28.9 Å². The lowest BCUT2D eigenvalue weighted by Gasteiger charge is -2.42. The molecule has 104 valence electrons. The van der Waals surface area contributed by atoms with Crippen molar-refractivity contribution >= 4 is 29.1 Å². The summed E-state index contributed by atoms with van der Waals surface area (Å²) >= 11 is 12.2. The van der Waals surface area contributed by atoms with Crippen molar-refractivity contribution in [2.24, 2.45) is 5.73 Å². The summed E-state index contributed by atoms with van der Waals surface area (Å²) in [6.45, 7) is 4.97. The van der Waals surface area contributed by atoms with Crippen LogP contribution in [-0.4, -0.2) is 37.0 Å². The van der Waals surface area contributed by atoms with Crippen molar-refractivity contribution in [1.29, 1.82) is 0 Å². The van der Waals surface area contributed by atoms with Crippen LogP contribution in [0.25, 0.3) is 0 Å². The molecule has 4 nitrogen and oxygen atoms in total. The molecule has 0 aliphatic carbocycles. The van der Waals surface area contributed by atoms with Gasteiger partial charge in [0.25, 0.3) is 0 Å². The van der Waals surface area contributed by atoms with Crippen molar-refractivity contribution in [3.05, 3.63) is 33.8 Å². The molecule has 1 aliphatic heterocycles. The van der Waals surface area contributed by atoms with Crippen LogP contribution in [0.4, 0.5) is 0 Å². The second-order valence-electron chi connectivity index (χ2n) is 4.80. The average Bonchev–Trinajstić information content (AvgIpc) is 2.38. The zero-order chi connectivity index (χ0) is 14.0. The van der Waals surface area contributed by atoms with Crippen LogP contribution in [0.15, 0.2) is 18.2 Å². The minimum absolute atomic E-state index is 0.404. The van der Waals surface area contributed by atoms with Crippen molar-refractivity contribution in [1.82, 2.24) is 10.2 Å². The summed E-state index contributed by atoms with van der Waals surface area (Å²) in [6.07, 6.45) is 0. The minimum Gasteiger partial charge on any atom is -0.368 e. The Bertz CT molecular complexity index is 489. The van der Waals surface area contributed by atoms with Crippen molar-refractivity contribution in [2.75, 3.05) is 26.2 Å². The van der Waals surface area contributed by atoms with E-state index in [-0.39, 0.29) is 0 Å². The lowest BCUT2D eigenvalue weighted by molar-refractivity contribution is -0.130. The molecule has 19 heavy (non-hydrogen) atoms. The molecular formula is C13H17Cl2N3O. The van der Waals surface area contributed by atoms with Gasteiger partial charge in [0.2, 0.25) is 5.91 Å². The lowest BCUT2D eigenvalue weighted by atomic mass is 9.88. The molecular weight excluding hydrogens is 285 g/mol. The third kappa shape index (κ3) is 2.72. The Morgan fingerprint density at radius 3 is 2.53 bits per heavy atom. The quantitative estimate of drug-likeness (QED) is 0.891. The first kappa shape index (κ1) is 14.6. The fourth-order valence-electron chi connectivity index (χ4n) is 2.46. The maximum absolute atomic E-state index is 12.0. The van der Waals surface area contributed by atoms with Crippen molar-refractivity contribution in [3.63, 3.8) is 0 Å². The van der Waals surface area contributed by atoms with Gasteiger partial charge in [-0.1, -0.05) is 29.3 Å². The Labute approximate surface area is 122 Å². The SMILES string of the molecule is CC(C(N)=O)(c1ccc(Cl)cc1Cl)N1CCNCC1. The van der Waals surface area contributed by atoms with E-state index in [1.807, 2.05) is 6.92 Å². The summed E-state index contributed by atoms with van der Waals surface area (Å²) in [7, 11) is 0. The Morgan fingerprint density at radius 2 is 2.00 bits per heavy atom. The molecule has 1 amide bonds. The number of carbonyl (C=O) groups is 1. The first-order valence-corrected chi connectivity index (χ1v) is 6.93. The molecule has 1 atom stereocenters. The van der Waals surface area contributed by atoms with Gasteiger partial charge in [-0.2, -0.15) is 0 Å². The summed E-state index contributed by atoms with van der Waals surface area (Å²) in [6, 6.07) is 5.14. The maximum atomic E-state index is 12.0. The highest BCUT2D eigenvalue weighted by molar-refractivity contribution is 6.35.